The number of rotatable bonds is 1. The number of halogens is 1. The number of aromatic nitrogens is 3. The van der Waals surface area contributed by atoms with Crippen LogP contribution >= 0.6 is 12.2 Å². The van der Waals surface area contributed by atoms with Gasteiger partial charge in [-0.3, -0.25) is 10.1 Å². The zero-order chi connectivity index (χ0) is 9.97. The Bertz CT molecular complexity index is 509. The first-order chi connectivity index (χ1) is 6.77. The molecule has 0 amide bonds. The molecule has 0 aliphatic rings. The van der Waals surface area contributed by atoms with E-state index in [1.165, 1.54) is 12.4 Å². The Morgan fingerprint density at radius 3 is 2.93 bits per heavy atom. The number of hydrogen-bond donors (Lipinski definition) is 1. The van der Waals surface area contributed by atoms with Gasteiger partial charge in [0.15, 0.2) is 0 Å². The number of pyridine rings is 1. The number of aromatic amines is 1. The van der Waals surface area contributed by atoms with Crippen molar-refractivity contribution in [2.45, 2.75) is 0 Å². The molecule has 0 saturated heterocycles. The third-order valence-corrected chi connectivity index (χ3v) is 1.96. The lowest BCUT2D eigenvalue weighted by Gasteiger charge is -2.00. The van der Waals surface area contributed by atoms with Gasteiger partial charge in [0.25, 0.3) is 0 Å². The van der Waals surface area contributed by atoms with E-state index in [2.05, 4.69) is 15.2 Å². The van der Waals surface area contributed by atoms with Crippen molar-refractivity contribution in [3.8, 4) is 11.1 Å². The third-order valence-electron chi connectivity index (χ3n) is 1.75. The molecule has 2 rings (SSSR count). The van der Waals surface area contributed by atoms with Crippen LogP contribution in [-0.2, 0) is 0 Å². The van der Waals surface area contributed by atoms with Crippen molar-refractivity contribution in [1.29, 1.82) is 0 Å². The van der Waals surface area contributed by atoms with Gasteiger partial charge in [-0.15, -0.1) is 0 Å². The Balaban J connectivity index is 2.61. The summed E-state index contributed by atoms with van der Waals surface area (Å²) in [6.07, 6.45) is 4.21. The van der Waals surface area contributed by atoms with Crippen LogP contribution in [0.1, 0.15) is 0 Å². The van der Waals surface area contributed by atoms with Crippen molar-refractivity contribution in [3.63, 3.8) is 0 Å². The monoisotopic (exact) mass is 207 g/mol. The standard InChI is InChI=1S/C9H6FN3S/c10-8-5-11-2-1-7(8)6-3-9(14)13-12-4-6/h1-5H,(H,13,14). The van der Waals surface area contributed by atoms with E-state index in [1.807, 2.05) is 0 Å². The first kappa shape index (κ1) is 8.96. The predicted octanol–water partition coefficient (Wildman–Crippen LogP) is 2.34. The third kappa shape index (κ3) is 1.67. The zero-order valence-corrected chi connectivity index (χ0v) is 7.88. The van der Waals surface area contributed by atoms with E-state index in [1.54, 1.807) is 12.1 Å². The van der Waals surface area contributed by atoms with Crippen molar-refractivity contribution in [2.24, 2.45) is 0 Å². The average molecular weight is 207 g/mol. The molecule has 14 heavy (non-hydrogen) atoms. The smallest absolute Gasteiger partial charge is 0.149 e. The van der Waals surface area contributed by atoms with Gasteiger partial charge in [0.05, 0.1) is 12.4 Å². The van der Waals surface area contributed by atoms with E-state index in [4.69, 9.17) is 12.2 Å². The Hall–Kier alpha value is -1.62. The highest BCUT2D eigenvalue weighted by Crippen LogP contribution is 2.19. The van der Waals surface area contributed by atoms with E-state index < -0.39 is 0 Å². The molecule has 2 aromatic rings. The molecule has 0 fully saturated rings. The fourth-order valence-electron chi connectivity index (χ4n) is 1.13. The van der Waals surface area contributed by atoms with Crippen LogP contribution in [0.15, 0.2) is 30.7 Å². The molecule has 1 N–H and O–H groups in total. The van der Waals surface area contributed by atoms with Gasteiger partial charge in [-0.1, -0.05) is 12.2 Å². The number of H-pyrrole nitrogens is 1. The highest BCUT2D eigenvalue weighted by molar-refractivity contribution is 7.71. The maximum Gasteiger partial charge on any atom is 0.149 e. The molecule has 3 nitrogen and oxygen atoms in total. The van der Waals surface area contributed by atoms with Crippen LogP contribution < -0.4 is 0 Å². The SMILES string of the molecule is Fc1cnccc1-c1cn[nH]c(=S)c1. The number of nitrogens with one attached hydrogen (secondary N) is 1. The summed E-state index contributed by atoms with van der Waals surface area (Å²) < 4.78 is 13.7. The number of nitrogens with zero attached hydrogens (tertiary/aromatic N) is 2. The molecule has 0 spiro atoms. The van der Waals surface area contributed by atoms with Gasteiger partial charge < -0.3 is 0 Å². The Morgan fingerprint density at radius 2 is 2.21 bits per heavy atom. The minimum absolute atomic E-state index is 0.380. The van der Waals surface area contributed by atoms with Crippen molar-refractivity contribution >= 4 is 12.2 Å². The highest BCUT2D eigenvalue weighted by Gasteiger charge is 2.03. The lowest BCUT2D eigenvalue weighted by Crippen LogP contribution is -1.88. The van der Waals surface area contributed by atoms with Crippen LogP contribution in [-0.4, -0.2) is 15.2 Å². The van der Waals surface area contributed by atoms with E-state index in [9.17, 15) is 4.39 Å². The summed E-state index contributed by atoms with van der Waals surface area (Å²) >= 11 is 4.89. The molecule has 2 aromatic heterocycles. The summed E-state index contributed by atoms with van der Waals surface area (Å²) in [6, 6.07) is 3.24. The van der Waals surface area contributed by atoms with E-state index >= 15 is 0 Å². The normalized spacial score (nSPS) is 10.1. The molecule has 0 bridgehead atoms. The molecule has 5 heteroatoms. The summed E-state index contributed by atoms with van der Waals surface area (Å²) in [6.45, 7) is 0. The summed E-state index contributed by atoms with van der Waals surface area (Å²) in [4.78, 5) is 3.66. The van der Waals surface area contributed by atoms with Crippen LogP contribution in [0.5, 0.6) is 0 Å². The first-order valence-corrected chi connectivity index (χ1v) is 4.33. The fourth-order valence-corrected chi connectivity index (χ4v) is 1.31. The van der Waals surface area contributed by atoms with Gasteiger partial charge in [0.1, 0.15) is 10.5 Å². The molecule has 0 aliphatic carbocycles. The van der Waals surface area contributed by atoms with Crippen LogP contribution in [0.3, 0.4) is 0 Å². The van der Waals surface area contributed by atoms with Gasteiger partial charge in [0, 0.05) is 17.3 Å². The van der Waals surface area contributed by atoms with Crippen molar-refractivity contribution in [1.82, 2.24) is 15.2 Å². The van der Waals surface area contributed by atoms with Crippen molar-refractivity contribution < 1.29 is 4.39 Å². The number of hydrogen-bond acceptors (Lipinski definition) is 3. The molecule has 0 radical (unpaired) electrons. The quantitative estimate of drug-likeness (QED) is 0.730. The Kier molecular flexibility index (Phi) is 2.32. The predicted molar refractivity (Wildman–Crippen MR) is 52.6 cm³/mol. The molecule has 0 aromatic carbocycles. The van der Waals surface area contributed by atoms with Crippen LogP contribution in [0.25, 0.3) is 11.1 Å². The maximum absolute atomic E-state index is 13.3. The topological polar surface area (TPSA) is 41.6 Å². The summed E-state index contributed by atoms with van der Waals surface area (Å²) in [7, 11) is 0. The van der Waals surface area contributed by atoms with Crippen LogP contribution in [0, 0.1) is 10.5 Å². The molecule has 2 heterocycles. The molecule has 0 saturated carbocycles. The second-order valence-electron chi connectivity index (χ2n) is 2.69. The van der Waals surface area contributed by atoms with Gasteiger partial charge in [0.2, 0.25) is 0 Å². The lowest BCUT2D eigenvalue weighted by molar-refractivity contribution is 0.625. The van der Waals surface area contributed by atoms with Gasteiger partial charge in [-0.2, -0.15) is 5.10 Å². The minimum Gasteiger partial charge on any atom is -0.268 e. The molecule has 0 atom stereocenters. The van der Waals surface area contributed by atoms with Gasteiger partial charge in [-0.25, -0.2) is 4.39 Å². The zero-order valence-electron chi connectivity index (χ0n) is 7.07. The van der Waals surface area contributed by atoms with E-state index in [0.717, 1.165) is 6.20 Å². The van der Waals surface area contributed by atoms with Gasteiger partial charge >= 0.3 is 0 Å². The van der Waals surface area contributed by atoms with Crippen molar-refractivity contribution in [3.05, 3.63) is 41.2 Å². The summed E-state index contributed by atoms with van der Waals surface area (Å²) in [5.41, 5.74) is 1.10. The largest absolute Gasteiger partial charge is 0.268 e. The highest BCUT2D eigenvalue weighted by atomic mass is 32.1. The fraction of sp³-hybridized carbons (Fsp3) is 0. The van der Waals surface area contributed by atoms with Crippen LogP contribution in [0.2, 0.25) is 0 Å². The van der Waals surface area contributed by atoms with E-state index in [0.29, 0.717) is 15.8 Å². The lowest BCUT2D eigenvalue weighted by atomic mass is 10.1. The van der Waals surface area contributed by atoms with Gasteiger partial charge in [-0.05, 0) is 12.1 Å². The molecule has 0 unspecified atom stereocenters. The average Bonchev–Trinajstić information content (AvgIpc) is 2.18. The summed E-state index contributed by atoms with van der Waals surface area (Å²) in [5.74, 6) is -0.380. The first-order valence-electron chi connectivity index (χ1n) is 3.92. The Labute approximate surface area is 84.6 Å². The maximum atomic E-state index is 13.3. The molecular weight excluding hydrogens is 201 g/mol. The van der Waals surface area contributed by atoms with E-state index in [-0.39, 0.29) is 5.82 Å². The molecule has 70 valence electrons. The second-order valence-corrected chi connectivity index (χ2v) is 3.13. The second kappa shape index (κ2) is 3.63. The molecular formula is C9H6FN3S. The molecule has 0 aliphatic heterocycles. The van der Waals surface area contributed by atoms with Crippen molar-refractivity contribution in [2.75, 3.05) is 0 Å². The summed E-state index contributed by atoms with van der Waals surface area (Å²) in [5, 5.41) is 6.37. The van der Waals surface area contributed by atoms with Crippen LogP contribution in [0.4, 0.5) is 4.39 Å². The minimum atomic E-state index is -0.380. The Morgan fingerprint density at radius 1 is 1.36 bits per heavy atom.